The summed E-state index contributed by atoms with van der Waals surface area (Å²) >= 11 is 0. The van der Waals surface area contributed by atoms with Crippen LogP contribution in [-0.4, -0.2) is 42.0 Å². The zero-order valence-corrected chi connectivity index (χ0v) is 13.3. The minimum absolute atomic E-state index is 0.0434. The number of Topliss-reactive ketones (excluding diaryl/α,β-unsaturated/α-hetero) is 1. The van der Waals surface area contributed by atoms with E-state index in [0.29, 0.717) is 17.9 Å². The van der Waals surface area contributed by atoms with E-state index in [9.17, 15) is 9.90 Å². The van der Waals surface area contributed by atoms with Crippen LogP contribution in [0.5, 0.6) is 5.75 Å². The Morgan fingerprint density at radius 3 is 2.59 bits per heavy atom. The lowest BCUT2D eigenvalue weighted by atomic mass is 9.97. The molecule has 0 radical (unpaired) electrons. The fraction of sp³-hybridized carbons (Fsp3) is 0.611. The van der Waals surface area contributed by atoms with Gasteiger partial charge in [-0.15, -0.1) is 0 Å². The Balaban J connectivity index is 1.58. The van der Waals surface area contributed by atoms with Crippen molar-refractivity contribution in [1.82, 2.24) is 4.90 Å². The largest absolute Gasteiger partial charge is 0.507 e. The number of phenolic OH excluding ortho intramolecular Hbond substituents is 1. The van der Waals surface area contributed by atoms with Crippen LogP contribution in [0.4, 0.5) is 0 Å². The van der Waals surface area contributed by atoms with Crippen molar-refractivity contribution < 1.29 is 9.90 Å². The van der Waals surface area contributed by atoms with Crippen LogP contribution in [0.1, 0.15) is 48.9 Å². The van der Waals surface area contributed by atoms with Crippen LogP contribution in [-0.2, 0) is 0 Å². The molecule has 22 heavy (non-hydrogen) atoms. The van der Waals surface area contributed by atoms with Gasteiger partial charge in [0.2, 0.25) is 0 Å². The lowest BCUT2D eigenvalue weighted by Gasteiger charge is -2.31. The van der Waals surface area contributed by atoms with Gasteiger partial charge in [0, 0.05) is 6.42 Å². The Morgan fingerprint density at radius 1 is 1.18 bits per heavy atom. The number of likely N-dealkylation sites (tertiary alicyclic amines) is 1. The molecule has 4 nitrogen and oxygen atoms in total. The summed E-state index contributed by atoms with van der Waals surface area (Å²) < 4.78 is 0. The first-order valence-electron chi connectivity index (χ1n) is 8.44. The van der Waals surface area contributed by atoms with Crippen LogP contribution in [0.25, 0.3) is 0 Å². The SMILES string of the molecule is NCC1CCN(CCCCCC(=O)c2ccccc2O)CC1. The average molecular weight is 304 g/mol. The topological polar surface area (TPSA) is 66.6 Å². The highest BCUT2D eigenvalue weighted by atomic mass is 16.3. The maximum Gasteiger partial charge on any atom is 0.166 e. The molecule has 2 rings (SSSR count). The zero-order chi connectivity index (χ0) is 15.8. The summed E-state index contributed by atoms with van der Waals surface area (Å²) in [7, 11) is 0. The monoisotopic (exact) mass is 304 g/mol. The van der Waals surface area contributed by atoms with Crippen LogP contribution in [0.3, 0.4) is 0 Å². The summed E-state index contributed by atoms with van der Waals surface area (Å²) in [5.74, 6) is 0.851. The van der Waals surface area contributed by atoms with Gasteiger partial charge in [-0.05, 0) is 69.9 Å². The molecule has 1 heterocycles. The smallest absolute Gasteiger partial charge is 0.166 e. The van der Waals surface area contributed by atoms with E-state index in [-0.39, 0.29) is 11.5 Å². The van der Waals surface area contributed by atoms with Gasteiger partial charge in [-0.3, -0.25) is 4.79 Å². The predicted molar refractivity (Wildman–Crippen MR) is 89.1 cm³/mol. The van der Waals surface area contributed by atoms with Crippen LogP contribution in [0.2, 0.25) is 0 Å². The van der Waals surface area contributed by atoms with Crippen molar-refractivity contribution in [2.45, 2.75) is 38.5 Å². The van der Waals surface area contributed by atoms with Crippen LogP contribution in [0, 0.1) is 5.92 Å². The average Bonchev–Trinajstić information content (AvgIpc) is 2.55. The minimum Gasteiger partial charge on any atom is -0.507 e. The number of para-hydroxylation sites is 1. The molecule has 0 atom stereocenters. The number of rotatable bonds is 8. The summed E-state index contributed by atoms with van der Waals surface area (Å²) in [6.45, 7) is 4.28. The molecular formula is C18H28N2O2. The zero-order valence-electron chi connectivity index (χ0n) is 13.3. The number of carbonyl (C=O) groups excluding carboxylic acids is 1. The first kappa shape index (κ1) is 17.0. The van der Waals surface area contributed by atoms with Crippen molar-refractivity contribution in [3.63, 3.8) is 0 Å². The van der Waals surface area contributed by atoms with Crippen molar-refractivity contribution in [3.05, 3.63) is 29.8 Å². The Kier molecular flexibility index (Phi) is 6.87. The molecule has 4 heteroatoms. The first-order chi connectivity index (χ1) is 10.7. The Hall–Kier alpha value is -1.39. The van der Waals surface area contributed by atoms with Gasteiger partial charge in [-0.1, -0.05) is 18.6 Å². The van der Waals surface area contributed by atoms with E-state index in [0.717, 1.165) is 32.4 Å². The molecule has 0 aromatic heterocycles. The van der Waals surface area contributed by atoms with Gasteiger partial charge in [0.15, 0.2) is 5.78 Å². The van der Waals surface area contributed by atoms with E-state index in [1.807, 2.05) is 0 Å². The predicted octanol–water partition coefficient (Wildman–Crippen LogP) is 2.81. The maximum atomic E-state index is 12.0. The molecule has 1 aromatic rings. The molecular weight excluding hydrogens is 276 g/mol. The van der Waals surface area contributed by atoms with Gasteiger partial charge in [0.1, 0.15) is 5.75 Å². The van der Waals surface area contributed by atoms with E-state index in [1.165, 1.54) is 25.9 Å². The lowest BCUT2D eigenvalue weighted by Crippen LogP contribution is -2.36. The summed E-state index contributed by atoms with van der Waals surface area (Å²) in [6.07, 6.45) is 6.07. The van der Waals surface area contributed by atoms with Gasteiger partial charge < -0.3 is 15.7 Å². The van der Waals surface area contributed by atoms with E-state index in [1.54, 1.807) is 24.3 Å². The first-order valence-corrected chi connectivity index (χ1v) is 8.44. The van der Waals surface area contributed by atoms with Crippen LogP contribution < -0.4 is 5.73 Å². The normalized spacial score (nSPS) is 16.8. The highest BCUT2D eigenvalue weighted by Crippen LogP contribution is 2.19. The standard InChI is InChI=1S/C18H28N2O2/c19-14-15-9-12-20(13-10-15)11-5-1-2-7-17(21)16-6-3-4-8-18(16)22/h3-4,6,8,15,22H,1-2,5,7,9-14,19H2. The number of piperidine rings is 1. The second-order valence-electron chi connectivity index (χ2n) is 6.27. The molecule has 0 unspecified atom stereocenters. The molecule has 0 bridgehead atoms. The second kappa shape index (κ2) is 8.91. The van der Waals surface area contributed by atoms with Gasteiger partial charge in [-0.2, -0.15) is 0 Å². The Bertz CT molecular complexity index is 468. The molecule has 0 saturated carbocycles. The van der Waals surface area contributed by atoms with Gasteiger partial charge >= 0.3 is 0 Å². The Labute approximate surface area is 133 Å². The number of nitrogens with zero attached hydrogens (tertiary/aromatic N) is 1. The third-order valence-corrected chi connectivity index (χ3v) is 4.62. The number of benzene rings is 1. The van der Waals surface area contributed by atoms with Crippen LogP contribution >= 0.6 is 0 Å². The van der Waals surface area contributed by atoms with E-state index in [4.69, 9.17) is 5.73 Å². The third-order valence-electron chi connectivity index (χ3n) is 4.62. The van der Waals surface area contributed by atoms with E-state index in [2.05, 4.69) is 4.90 Å². The van der Waals surface area contributed by atoms with E-state index < -0.39 is 0 Å². The van der Waals surface area contributed by atoms with Crippen molar-refractivity contribution in [1.29, 1.82) is 0 Å². The molecule has 1 aliphatic heterocycles. The van der Waals surface area contributed by atoms with Crippen molar-refractivity contribution in [2.24, 2.45) is 11.7 Å². The number of hydrogen-bond acceptors (Lipinski definition) is 4. The molecule has 0 amide bonds. The molecule has 1 fully saturated rings. The second-order valence-corrected chi connectivity index (χ2v) is 6.27. The summed E-state index contributed by atoms with van der Waals surface area (Å²) in [4.78, 5) is 14.5. The number of carbonyl (C=O) groups is 1. The highest BCUT2D eigenvalue weighted by molar-refractivity contribution is 5.98. The lowest BCUT2D eigenvalue weighted by molar-refractivity contribution is 0.0976. The molecule has 1 aliphatic rings. The highest BCUT2D eigenvalue weighted by Gasteiger charge is 2.17. The fourth-order valence-corrected chi connectivity index (χ4v) is 3.09. The number of nitrogens with two attached hydrogens (primary N) is 1. The van der Waals surface area contributed by atoms with Crippen molar-refractivity contribution in [2.75, 3.05) is 26.2 Å². The minimum atomic E-state index is 0.0434. The number of phenols is 1. The summed E-state index contributed by atoms with van der Waals surface area (Å²) in [5, 5.41) is 9.66. The van der Waals surface area contributed by atoms with Gasteiger partial charge in [0.25, 0.3) is 0 Å². The summed E-state index contributed by atoms with van der Waals surface area (Å²) in [5.41, 5.74) is 6.16. The molecule has 1 saturated heterocycles. The van der Waals surface area contributed by atoms with Crippen molar-refractivity contribution >= 4 is 5.78 Å². The van der Waals surface area contributed by atoms with Gasteiger partial charge in [0.05, 0.1) is 5.56 Å². The molecule has 0 aliphatic carbocycles. The van der Waals surface area contributed by atoms with E-state index >= 15 is 0 Å². The number of aromatic hydroxyl groups is 1. The third kappa shape index (κ3) is 5.11. The molecule has 1 aromatic carbocycles. The number of ketones is 1. The van der Waals surface area contributed by atoms with Gasteiger partial charge in [-0.25, -0.2) is 0 Å². The molecule has 122 valence electrons. The number of unbranched alkanes of at least 4 members (excludes halogenated alkanes) is 2. The molecule has 3 N–H and O–H groups in total. The van der Waals surface area contributed by atoms with Crippen LogP contribution in [0.15, 0.2) is 24.3 Å². The summed E-state index contributed by atoms with van der Waals surface area (Å²) in [6, 6.07) is 6.79. The number of hydrogen-bond donors (Lipinski definition) is 2. The Morgan fingerprint density at radius 2 is 1.91 bits per heavy atom. The fourth-order valence-electron chi connectivity index (χ4n) is 3.09. The quantitative estimate of drug-likeness (QED) is 0.572. The molecule has 0 spiro atoms. The maximum absolute atomic E-state index is 12.0. The van der Waals surface area contributed by atoms with Crippen molar-refractivity contribution in [3.8, 4) is 5.75 Å².